The molecule has 0 saturated carbocycles. The Bertz CT molecular complexity index is 719. The molecule has 0 aliphatic rings. The highest BCUT2D eigenvalue weighted by molar-refractivity contribution is 5.81. The van der Waals surface area contributed by atoms with Gasteiger partial charge in [-0.15, -0.1) is 0 Å². The molecule has 0 aromatic carbocycles. The molecule has 1 amide bonds. The lowest BCUT2D eigenvalue weighted by Gasteiger charge is -2.28. The summed E-state index contributed by atoms with van der Waals surface area (Å²) in [5.41, 5.74) is 0. The van der Waals surface area contributed by atoms with Crippen molar-refractivity contribution in [2.75, 3.05) is 65.4 Å². The molecular formula is C26H48N4O8. The number of Topliss-reactive ketones (excluding diaryl/α,β-unsaturated/α-hetero) is 1. The monoisotopic (exact) mass is 544 g/mol. The third kappa shape index (κ3) is 21.5. The highest BCUT2D eigenvalue weighted by Crippen LogP contribution is 2.08. The fraction of sp³-hybridized carbons (Fsp3) is 0.808. The van der Waals surface area contributed by atoms with Gasteiger partial charge in [0.15, 0.2) is 0 Å². The van der Waals surface area contributed by atoms with Gasteiger partial charge in [0.2, 0.25) is 5.91 Å². The summed E-state index contributed by atoms with van der Waals surface area (Å²) >= 11 is 0. The molecule has 0 bridgehead atoms. The number of ketones is 1. The lowest BCUT2D eigenvalue weighted by molar-refractivity contribution is -0.141. The van der Waals surface area contributed by atoms with E-state index in [-0.39, 0.29) is 77.0 Å². The number of rotatable bonds is 26. The predicted octanol–water partition coefficient (Wildman–Crippen LogP) is 1.38. The zero-order chi connectivity index (χ0) is 28.8. The number of unbranched alkanes of at least 4 members (excludes halogenated alkanes) is 7. The lowest BCUT2D eigenvalue weighted by Crippen LogP contribution is -2.46. The van der Waals surface area contributed by atoms with Crippen LogP contribution in [0.1, 0.15) is 71.6 Å². The number of hydrogen-bond donors (Lipinski definition) is 4. The Hall–Kier alpha value is -2.57. The molecule has 0 radical (unpaired) electrons. The minimum atomic E-state index is -1.10. The minimum absolute atomic E-state index is 0.0477. The molecule has 0 aromatic rings. The van der Waals surface area contributed by atoms with Crippen LogP contribution in [-0.2, 0) is 24.0 Å². The summed E-state index contributed by atoms with van der Waals surface area (Å²) in [6.45, 7) is 3.78. The molecule has 38 heavy (non-hydrogen) atoms. The van der Waals surface area contributed by atoms with Crippen molar-refractivity contribution in [1.29, 1.82) is 0 Å². The van der Waals surface area contributed by atoms with Gasteiger partial charge in [0, 0.05) is 39.1 Å². The van der Waals surface area contributed by atoms with Crippen molar-refractivity contribution in [3.63, 3.8) is 0 Å². The van der Waals surface area contributed by atoms with E-state index < -0.39 is 17.9 Å². The largest absolute Gasteiger partial charge is 0.480 e. The topological polar surface area (TPSA) is 168 Å². The van der Waals surface area contributed by atoms with Gasteiger partial charge in [-0.05, 0) is 6.42 Å². The first kappa shape index (κ1) is 35.4. The van der Waals surface area contributed by atoms with Crippen molar-refractivity contribution in [3.8, 4) is 0 Å². The first-order valence-corrected chi connectivity index (χ1v) is 13.7. The summed E-state index contributed by atoms with van der Waals surface area (Å²) in [6.07, 6.45) is 9.44. The molecule has 0 heterocycles. The highest BCUT2D eigenvalue weighted by Gasteiger charge is 2.19. The van der Waals surface area contributed by atoms with Crippen LogP contribution in [0.4, 0.5) is 0 Å². The van der Waals surface area contributed by atoms with Crippen LogP contribution in [0.25, 0.3) is 0 Å². The fourth-order valence-electron chi connectivity index (χ4n) is 3.94. The summed E-state index contributed by atoms with van der Waals surface area (Å²) < 4.78 is 0. The van der Waals surface area contributed by atoms with Crippen LogP contribution in [0.5, 0.6) is 0 Å². The molecule has 0 aliphatic carbocycles. The number of carbonyl (C=O) groups excluding carboxylic acids is 2. The number of nitrogens with one attached hydrogen (secondary N) is 1. The Balaban J connectivity index is 4.71. The third-order valence-electron chi connectivity index (χ3n) is 6.06. The number of nitrogens with zero attached hydrogens (tertiary/aromatic N) is 3. The fourth-order valence-corrected chi connectivity index (χ4v) is 3.94. The Morgan fingerprint density at radius 3 is 1.45 bits per heavy atom. The second kappa shape index (κ2) is 22.4. The van der Waals surface area contributed by atoms with E-state index in [0.717, 1.165) is 19.3 Å². The van der Waals surface area contributed by atoms with Crippen molar-refractivity contribution >= 4 is 29.6 Å². The molecule has 0 unspecified atom stereocenters. The highest BCUT2D eigenvalue weighted by atomic mass is 16.4. The van der Waals surface area contributed by atoms with Crippen LogP contribution in [0.15, 0.2) is 0 Å². The van der Waals surface area contributed by atoms with Crippen molar-refractivity contribution < 1.29 is 39.3 Å². The van der Waals surface area contributed by atoms with Gasteiger partial charge in [-0.3, -0.25) is 38.7 Å². The van der Waals surface area contributed by atoms with Gasteiger partial charge >= 0.3 is 17.9 Å². The first-order valence-electron chi connectivity index (χ1n) is 13.7. The normalized spacial score (nSPS) is 11.3. The average Bonchev–Trinajstić information content (AvgIpc) is 2.83. The molecule has 220 valence electrons. The zero-order valence-electron chi connectivity index (χ0n) is 23.2. The van der Waals surface area contributed by atoms with Crippen LogP contribution < -0.4 is 5.32 Å². The van der Waals surface area contributed by atoms with E-state index in [1.807, 2.05) is 0 Å². The lowest BCUT2D eigenvalue weighted by atomic mass is 10.1. The molecule has 12 heteroatoms. The van der Waals surface area contributed by atoms with Crippen molar-refractivity contribution in [1.82, 2.24) is 20.0 Å². The van der Waals surface area contributed by atoms with E-state index in [4.69, 9.17) is 5.11 Å². The van der Waals surface area contributed by atoms with Crippen molar-refractivity contribution in [2.45, 2.75) is 71.6 Å². The maximum absolute atomic E-state index is 12.4. The Morgan fingerprint density at radius 1 is 0.553 bits per heavy atom. The molecule has 0 saturated heterocycles. The van der Waals surface area contributed by atoms with E-state index in [9.17, 15) is 34.2 Å². The molecule has 4 N–H and O–H groups in total. The zero-order valence-corrected chi connectivity index (χ0v) is 23.2. The SMILES string of the molecule is CCCCCCCCCCNC(=O)CN(CCN(CCN(CC(=O)O)CC(=O)CC)CC(=O)O)CC(=O)O. The molecular weight excluding hydrogens is 496 g/mol. The number of amides is 1. The molecule has 0 aromatic heterocycles. The summed E-state index contributed by atoms with van der Waals surface area (Å²) in [7, 11) is 0. The van der Waals surface area contributed by atoms with Gasteiger partial charge in [0.1, 0.15) is 5.78 Å². The maximum atomic E-state index is 12.4. The van der Waals surface area contributed by atoms with Crippen LogP contribution >= 0.6 is 0 Å². The van der Waals surface area contributed by atoms with E-state index in [0.29, 0.717) is 6.54 Å². The van der Waals surface area contributed by atoms with Gasteiger partial charge in [0.05, 0.1) is 32.7 Å². The summed E-state index contributed by atoms with van der Waals surface area (Å²) in [5, 5.41) is 30.5. The van der Waals surface area contributed by atoms with E-state index >= 15 is 0 Å². The molecule has 0 aliphatic heterocycles. The Labute approximate surface area is 226 Å². The smallest absolute Gasteiger partial charge is 0.317 e. The molecule has 0 rings (SSSR count). The van der Waals surface area contributed by atoms with E-state index in [1.54, 1.807) is 11.8 Å². The number of carboxylic acid groups (broad SMARTS) is 3. The van der Waals surface area contributed by atoms with Crippen LogP contribution in [0, 0.1) is 0 Å². The molecule has 12 nitrogen and oxygen atoms in total. The number of hydrogen-bond acceptors (Lipinski definition) is 8. The van der Waals surface area contributed by atoms with E-state index in [1.165, 1.54) is 41.9 Å². The second-order valence-corrected chi connectivity index (χ2v) is 9.60. The second-order valence-electron chi connectivity index (χ2n) is 9.60. The average molecular weight is 545 g/mol. The standard InChI is InChI=1S/C26H48N4O8/c1-3-5-6-7-8-9-10-11-12-27-23(32)18-30(21-26(37)38)16-14-28(19-24(33)34)13-15-29(20-25(35)36)17-22(31)4-2/h3-21H2,1-2H3,(H,27,32)(H,33,34)(H,35,36)(H,37,38). The summed E-state index contributed by atoms with van der Waals surface area (Å²) in [4.78, 5) is 62.4. The minimum Gasteiger partial charge on any atom is -0.480 e. The van der Waals surface area contributed by atoms with Crippen LogP contribution in [0.2, 0.25) is 0 Å². The molecule has 0 spiro atoms. The first-order chi connectivity index (χ1) is 18.1. The van der Waals surface area contributed by atoms with Crippen molar-refractivity contribution in [2.24, 2.45) is 0 Å². The van der Waals surface area contributed by atoms with Crippen molar-refractivity contribution in [3.05, 3.63) is 0 Å². The van der Waals surface area contributed by atoms with E-state index in [2.05, 4.69) is 12.2 Å². The van der Waals surface area contributed by atoms with Gasteiger partial charge in [-0.2, -0.15) is 0 Å². The van der Waals surface area contributed by atoms with Gasteiger partial charge in [-0.1, -0.05) is 58.8 Å². The predicted molar refractivity (Wildman–Crippen MR) is 143 cm³/mol. The van der Waals surface area contributed by atoms with Gasteiger partial charge < -0.3 is 20.6 Å². The maximum Gasteiger partial charge on any atom is 0.317 e. The molecule has 0 fully saturated rings. The third-order valence-corrected chi connectivity index (χ3v) is 6.06. The summed E-state index contributed by atoms with van der Waals surface area (Å²) in [5.74, 6) is -3.70. The van der Waals surface area contributed by atoms with Gasteiger partial charge in [0.25, 0.3) is 0 Å². The number of aliphatic carboxylic acids is 3. The Morgan fingerprint density at radius 2 is 0.974 bits per heavy atom. The molecule has 0 atom stereocenters. The van der Waals surface area contributed by atoms with Crippen LogP contribution in [0.3, 0.4) is 0 Å². The summed E-state index contributed by atoms with van der Waals surface area (Å²) in [6, 6.07) is 0. The van der Waals surface area contributed by atoms with Crippen LogP contribution in [-0.4, -0.2) is 125 Å². The van der Waals surface area contributed by atoms with Gasteiger partial charge in [-0.25, -0.2) is 0 Å². The number of carboxylic acids is 3. The number of carbonyl (C=O) groups is 5. The quantitative estimate of drug-likeness (QED) is 0.116. The Kier molecular flexibility index (Phi) is 20.9.